The molecule has 2 heterocycles. The monoisotopic (exact) mass is 549 g/mol. The van der Waals surface area contributed by atoms with E-state index in [2.05, 4.69) is 0 Å². The molecule has 0 saturated heterocycles. The molecule has 3 aromatic rings. The Labute approximate surface area is 233 Å². The summed E-state index contributed by atoms with van der Waals surface area (Å²) in [6.07, 6.45) is -0.398. The summed E-state index contributed by atoms with van der Waals surface area (Å²) in [5.41, 5.74) is -0.127. The zero-order valence-electron chi connectivity index (χ0n) is 23.3. The molecule has 0 saturated carbocycles. The van der Waals surface area contributed by atoms with Gasteiger partial charge in [0, 0.05) is 12.8 Å². The van der Waals surface area contributed by atoms with Crippen molar-refractivity contribution in [3.8, 4) is 0 Å². The van der Waals surface area contributed by atoms with Crippen LogP contribution in [0, 0.1) is 0 Å². The number of nitrogens with zero attached hydrogens (tertiary/aromatic N) is 1. The molecule has 206 valence electrons. The smallest absolute Gasteiger partial charge is 0.415 e. The minimum atomic E-state index is -1.47. The molecule has 0 radical (unpaired) electrons. The summed E-state index contributed by atoms with van der Waals surface area (Å²) in [4.78, 5) is 42.8. The Balaban J connectivity index is 1.78. The summed E-state index contributed by atoms with van der Waals surface area (Å²) in [6, 6.07) is 18.5. The van der Waals surface area contributed by atoms with E-state index in [0.717, 1.165) is 11.1 Å². The first-order chi connectivity index (χ1) is 18.3. The lowest BCUT2D eigenvalue weighted by Gasteiger charge is -2.37. The van der Waals surface area contributed by atoms with Gasteiger partial charge in [0.2, 0.25) is 0 Å². The fourth-order valence-corrected chi connectivity index (χ4v) is 5.41. The van der Waals surface area contributed by atoms with Gasteiger partial charge in [0.05, 0.1) is 5.69 Å². The van der Waals surface area contributed by atoms with Crippen LogP contribution in [0.2, 0.25) is 0 Å². The SMILES string of the molecule is CC(C)(C)OC(=O)c1sccc1CC1(C(=O)OCc2ccccc2)Cc2ccccc2N1C(=O)OC(C)(C)C. The van der Waals surface area contributed by atoms with Gasteiger partial charge in [0.25, 0.3) is 0 Å². The Morgan fingerprint density at radius 3 is 2.18 bits per heavy atom. The van der Waals surface area contributed by atoms with E-state index in [9.17, 15) is 14.4 Å². The quantitative estimate of drug-likeness (QED) is 0.251. The Kier molecular flexibility index (Phi) is 7.89. The van der Waals surface area contributed by atoms with Gasteiger partial charge in [-0.05, 0) is 75.7 Å². The van der Waals surface area contributed by atoms with Crippen LogP contribution in [0.25, 0.3) is 0 Å². The Hall–Kier alpha value is -3.65. The molecular weight excluding hydrogens is 514 g/mol. The third kappa shape index (κ3) is 6.50. The van der Waals surface area contributed by atoms with Crippen molar-refractivity contribution in [3.63, 3.8) is 0 Å². The molecule has 8 heteroatoms. The lowest BCUT2D eigenvalue weighted by molar-refractivity contribution is -0.151. The van der Waals surface area contributed by atoms with E-state index in [1.807, 2.05) is 48.5 Å². The second-order valence-corrected chi connectivity index (χ2v) is 12.6. The van der Waals surface area contributed by atoms with Crippen LogP contribution < -0.4 is 4.90 Å². The second kappa shape index (κ2) is 10.8. The van der Waals surface area contributed by atoms with Gasteiger partial charge in [0.1, 0.15) is 22.7 Å². The van der Waals surface area contributed by atoms with Crippen molar-refractivity contribution >= 4 is 35.1 Å². The maximum atomic E-state index is 14.1. The predicted octanol–water partition coefficient (Wildman–Crippen LogP) is 6.73. The van der Waals surface area contributed by atoms with Crippen LogP contribution >= 0.6 is 11.3 Å². The molecule has 0 bridgehead atoms. The van der Waals surface area contributed by atoms with Crippen LogP contribution in [-0.2, 0) is 38.5 Å². The number of amides is 1. The zero-order chi connectivity index (χ0) is 28.4. The van der Waals surface area contributed by atoms with Crippen LogP contribution in [-0.4, -0.2) is 34.8 Å². The summed E-state index contributed by atoms with van der Waals surface area (Å²) in [6.45, 7) is 10.8. The average Bonchev–Trinajstić information content (AvgIpc) is 3.43. The van der Waals surface area contributed by atoms with Gasteiger partial charge in [-0.15, -0.1) is 11.3 Å². The minimum Gasteiger partial charge on any atom is -0.459 e. The highest BCUT2D eigenvalue weighted by Gasteiger charge is 2.55. The highest BCUT2D eigenvalue weighted by molar-refractivity contribution is 7.12. The summed E-state index contributed by atoms with van der Waals surface area (Å²) in [7, 11) is 0. The highest BCUT2D eigenvalue weighted by Crippen LogP contribution is 2.43. The number of benzene rings is 2. The molecule has 0 N–H and O–H groups in total. The first kappa shape index (κ1) is 28.4. The number of esters is 2. The summed E-state index contributed by atoms with van der Waals surface area (Å²) in [5.74, 6) is -1.05. The molecule has 7 nitrogen and oxygen atoms in total. The summed E-state index contributed by atoms with van der Waals surface area (Å²) < 4.78 is 17.3. The van der Waals surface area contributed by atoms with Crippen molar-refractivity contribution in [2.45, 2.75) is 77.7 Å². The van der Waals surface area contributed by atoms with E-state index in [1.54, 1.807) is 59.1 Å². The molecule has 1 aromatic heterocycles. The molecule has 1 aliphatic rings. The molecule has 39 heavy (non-hydrogen) atoms. The molecule has 1 atom stereocenters. The van der Waals surface area contributed by atoms with Crippen LogP contribution in [0.5, 0.6) is 0 Å². The number of fused-ring (bicyclic) bond motifs is 1. The summed E-state index contributed by atoms with van der Waals surface area (Å²) in [5, 5.41) is 1.79. The van der Waals surface area contributed by atoms with Gasteiger partial charge >= 0.3 is 18.0 Å². The predicted molar refractivity (Wildman–Crippen MR) is 151 cm³/mol. The third-order valence-corrected chi connectivity index (χ3v) is 7.06. The molecule has 1 unspecified atom stereocenters. The van der Waals surface area contributed by atoms with Gasteiger partial charge in [-0.3, -0.25) is 4.90 Å². The zero-order valence-corrected chi connectivity index (χ0v) is 24.1. The number of rotatable bonds is 6. The largest absolute Gasteiger partial charge is 0.459 e. The van der Waals surface area contributed by atoms with Crippen LogP contribution in [0.4, 0.5) is 10.5 Å². The van der Waals surface area contributed by atoms with Crippen molar-refractivity contribution in [1.29, 1.82) is 0 Å². The van der Waals surface area contributed by atoms with Crippen molar-refractivity contribution in [2.75, 3.05) is 4.90 Å². The lowest BCUT2D eigenvalue weighted by atomic mass is 9.86. The number of para-hydroxylation sites is 1. The maximum Gasteiger partial charge on any atom is 0.415 e. The van der Waals surface area contributed by atoms with Gasteiger partial charge in [0.15, 0.2) is 5.54 Å². The topological polar surface area (TPSA) is 82.1 Å². The standard InChI is InChI=1S/C31H35NO6S/c1-29(2,3)37-26(33)25-23(16-17-39-25)19-31(27(34)36-20-21-12-8-7-9-13-21)18-22-14-10-11-15-24(22)32(31)28(35)38-30(4,5)6/h7-17H,18-20H2,1-6H3. The average molecular weight is 550 g/mol. The first-order valence-electron chi connectivity index (χ1n) is 12.9. The van der Waals surface area contributed by atoms with E-state index in [-0.39, 0.29) is 19.4 Å². The fourth-order valence-electron chi connectivity index (χ4n) is 4.61. The van der Waals surface area contributed by atoms with Crippen LogP contribution in [0.3, 0.4) is 0 Å². The minimum absolute atomic E-state index is 0.0441. The number of carbonyl (C=O) groups is 3. The molecule has 4 rings (SSSR count). The Bertz CT molecular complexity index is 1350. The molecule has 0 aliphatic carbocycles. The highest BCUT2D eigenvalue weighted by atomic mass is 32.1. The van der Waals surface area contributed by atoms with E-state index in [1.165, 1.54) is 16.2 Å². The molecular formula is C31H35NO6S. The van der Waals surface area contributed by atoms with Gasteiger partial charge < -0.3 is 14.2 Å². The maximum absolute atomic E-state index is 14.1. The first-order valence-corrected chi connectivity index (χ1v) is 13.8. The number of ether oxygens (including phenoxy) is 3. The lowest BCUT2D eigenvalue weighted by Crippen LogP contribution is -2.59. The van der Waals surface area contributed by atoms with E-state index in [0.29, 0.717) is 16.1 Å². The third-order valence-electron chi connectivity index (χ3n) is 6.13. The Morgan fingerprint density at radius 1 is 0.872 bits per heavy atom. The number of carbonyl (C=O) groups excluding carboxylic acids is 3. The number of hydrogen-bond acceptors (Lipinski definition) is 7. The normalized spacial score (nSPS) is 16.9. The van der Waals surface area contributed by atoms with E-state index >= 15 is 0 Å². The van der Waals surface area contributed by atoms with Crippen LogP contribution in [0.1, 0.15) is 67.9 Å². The van der Waals surface area contributed by atoms with E-state index in [4.69, 9.17) is 14.2 Å². The number of thiophene rings is 1. The number of hydrogen-bond donors (Lipinski definition) is 0. The van der Waals surface area contributed by atoms with E-state index < -0.39 is 34.8 Å². The Morgan fingerprint density at radius 2 is 1.51 bits per heavy atom. The van der Waals surface area contributed by atoms with Crippen molar-refractivity contribution in [2.24, 2.45) is 0 Å². The van der Waals surface area contributed by atoms with Crippen molar-refractivity contribution in [1.82, 2.24) is 0 Å². The summed E-state index contributed by atoms with van der Waals surface area (Å²) >= 11 is 1.24. The van der Waals surface area contributed by atoms with Gasteiger partial charge in [-0.1, -0.05) is 48.5 Å². The fraction of sp³-hybridized carbons (Fsp3) is 0.387. The molecule has 2 aromatic carbocycles. The second-order valence-electron chi connectivity index (χ2n) is 11.7. The van der Waals surface area contributed by atoms with Crippen molar-refractivity contribution < 1.29 is 28.6 Å². The van der Waals surface area contributed by atoms with Crippen molar-refractivity contribution in [3.05, 3.63) is 87.6 Å². The van der Waals surface area contributed by atoms with Gasteiger partial charge in [-0.25, -0.2) is 14.4 Å². The van der Waals surface area contributed by atoms with Gasteiger partial charge in [-0.2, -0.15) is 0 Å². The molecule has 0 spiro atoms. The number of anilines is 1. The molecule has 1 aliphatic heterocycles. The molecule has 1 amide bonds. The molecule has 0 fully saturated rings. The van der Waals surface area contributed by atoms with Crippen LogP contribution in [0.15, 0.2) is 66.0 Å².